The Labute approximate surface area is 81.2 Å². The number of ether oxygens (including phenoxy) is 1. The molecule has 1 heterocycles. The molecule has 1 aliphatic rings. The Bertz CT molecular complexity index is 130. The van der Waals surface area contributed by atoms with Crippen LogP contribution in [-0.2, 0) is 4.74 Å². The topological polar surface area (TPSA) is 38.5 Å². The van der Waals surface area contributed by atoms with Crippen LogP contribution in [0, 0.1) is 5.92 Å². The van der Waals surface area contributed by atoms with Crippen molar-refractivity contribution in [1.82, 2.24) is 4.90 Å². The fourth-order valence-electron chi connectivity index (χ4n) is 1.75. The Kier molecular flexibility index (Phi) is 5.35. The van der Waals surface area contributed by atoms with Gasteiger partial charge in [0.15, 0.2) is 0 Å². The van der Waals surface area contributed by atoms with Gasteiger partial charge in [-0.25, -0.2) is 0 Å². The molecule has 1 unspecified atom stereocenters. The summed E-state index contributed by atoms with van der Waals surface area (Å²) in [5.74, 6) is 0.728. The van der Waals surface area contributed by atoms with E-state index in [2.05, 4.69) is 11.8 Å². The van der Waals surface area contributed by atoms with Crippen molar-refractivity contribution in [2.75, 3.05) is 39.4 Å². The number of rotatable bonds is 6. The Morgan fingerprint density at radius 3 is 2.92 bits per heavy atom. The minimum atomic E-state index is 0.728. The zero-order chi connectivity index (χ0) is 9.52. The Morgan fingerprint density at radius 2 is 2.31 bits per heavy atom. The number of nitrogens with two attached hydrogens (primary N) is 1. The predicted molar refractivity (Wildman–Crippen MR) is 54.7 cm³/mol. The molecule has 0 amide bonds. The summed E-state index contributed by atoms with van der Waals surface area (Å²) in [5.41, 5.74) is 5.61. The second-order valence-corrected chi connectivity index (χ2v) is 3.80. The smallest absolute Gasteiger partial charge is 0.0593 e. The summed E-state index contributed by atoms with van der Waals surface area (Å²) in [4.78, 5) is 2.45. The van der Waals surface area contributed by atoms with Crippen LogP contribution in [0.2, 0.25) is 0 Å². The summed E-state index contributed by atoms with van der Waals surface area (Å²) in [5, 5.41) is 0. The van der Waals surface area contributed by atoms with Gasteiger partial charge >= 0.3 is 0 Å². The molecule has 1 saturated heterocycles. The van der Waals surface area contributed by atoms with Crippen LogP contribution in [0.3, 0.4) is 0 Å². The van der Waals surface area contributed by atoms with Crippen molar-refractivity contribution in [2.45, 2.75) is 19.8 Å². The van der Waals surface area contributed by atoms with E-state index in [4.69, 9.17) is 10.5 Å². The van der Waals surface area contributed by atoms with Gasteiger partial charge in [-0.2, -0.15) is 0 Å². The minimum absolute atomic E-state index is 0.728. The monoisotopic (exact) mass is 186 g/mol. The van der Waals surface area contributed by atoms with Gasteiger partial charge in [0.25, 0.3) is 0 Å². The molecule has 0 spiro atoms. The van der Waals surface area contributed by atoms with Crippen molar-refractivity contribution in [3.63, 3.8) is 0 Å². The van der Waals surface area contributed by atoms with Crippen LogP contribution >= 0.6 is 0 Å². The summed E-state index contributed by atoms with van der Waals surface area (Å²) in [6.07, 6.45) is 2.38. The highest BCUT2D eigenvalue weighted by Crippen LogP contribution is 2.13. The van der Waals surface area contributed by atoms with E-state index in [0.29, 0.717) is 0 Å². The van der Waals surface area contributed by atoms with Crippen molar-refractivity contribution >= 4 is 0 Å². The van der Waals surface area contributed by atoms with Gasteiger partial charge in [0.2, 0.25) is 0 Å². The molecule has 1 rings (SSSR count). The molecule has 1 fully saturated rings. The van der Waals surface area contributed by atoms with Gasteiger partial charge in [0.1, 0.15) is 0 Å². The zero-order valence-electron chi connectivity index (χ0n) is 8.67. The minimum Gasteiger partial charge on any atom is -0.380 e. The van der Waals surface area contributed by atoms with Crippen molar-refractivity contribution in [2.24, 2.45) is 11.7 Å². The normalized spacial score (nSPS) is 24.0. The van der Waals surface area contributed by atoms with Crippen LogP contribution in [0.5, 0.6) is 0 Å². The number of hydrogen-bond donors (Lipinski definition) is 1. The molecular formula is C10H22N2O. The molecule has 0 aromatic heterocycles. The second kappa shape index (κ2) is 6.35. The van der Waals surface area contributed by atoms with E-state index >= 15 is 0 Å². The molecular weight excluding hydrogens is 164 g/mol. The highest BCUT2D eigenvalue weighted by molar-refractivity contribution is 4.75. The van der Waals surface area contributed by atoms with E-state index in [0.717, 1.165) is 38.6 Å². The third-order valence-electron chi connectivity index (χ3n) is 2.60. The van der Waals surface area contributed by atoms with Crippen LogP contribution in [-0.4, -0.2) is 44.3 Å². The highest BCUT2D eigenvalue weighted by atomic mass is 16.5. The molecule has 78 valence electrons. The summed E-state index contributed by atoms with van der Waals surface area (Å²) < 4.78 is 5.44. The van der Waals surface area contributed by atoms with E-state index in [1.165, 1.54) is 19.5 Å². The number of likely N-dealkylation sites (tertiary alicyclic amines) is 1. The SMILES string of the molecule is CCCOCCN1CCC(CN)C1. The van der Waals surface area contributed by atoms with Crippen molar-refractivity contribution in [1.29, 1.82) is 0 Å². The van der Waals surface area contributed by atoms with Gasteiger partial charge in [0.05, 0.1) is 6.61 Å². The lowest BCUT2D eigenvalue weighted by Crippen LogP contribution is -2.26. The molecule has 0 aromatic carbocycles. The third-order valence-corrected chi connectivity index (χ3v) is 2.60. The fourth-order valence-corrected chi connectivity index (χ4v) is 1.75. The van der Waals surface area contributed by atoms with E-state index in [1.54, 1.807) is 0 Å². The van der Waals surface area contributed by atoms with E-state index in [9.17, 15) is 0 Å². The van der Waals surface area contributed by atoms with Gasteiger partial charge in [-0.3, -0.25) is 0 Å². The number of nitrogens with zero attached hydrogens (tertiary/aromatic N) is 1. The van der Waals surface area contributed by atoms with Gasteiger partial charge in [-0.05, 0) is 31.8 Å². The molecule has 0 saturated carbocycles. The lowest BCUT2D eigenvalue weighted by Gasteiger charge is -2.15. The Morgan fingerprint density at radius 1 is 1.46 bits per heavy atom. The van der Waals surface area contributed by atoms with Crippen LogP contribution in [0.25, 0.3) is 0 Å². The summed E-state index contributed by atoms with van der Waals surface area (Å²) in [6.45, 7) is 8.21. The second-order valence-electron chi connectivity index (χ2n) is 3.80. The maximum absolute atomic E-state index is 5.61. The summed E-state index contributed by atoms with van der Waals surface area (Å²) in [6, 6.07) is 0. The lowest BCUT2D eigenvalue weighted by molar-refractivity contribution is 0.110. The van der Waals surface area contributed by atoms with Crippen LogP contribution < -0.4 is 5.73 Å². The zero-order valence-corrected chi connectivity index (χ0v) is 8.67. The maximum Gasteiger partial charge on any atom is 0.0593 e. The molecule has 0 aromatic rings. The molecule has 0 radical (unpaired) electrons. The fraction of sp³-hybridized carbons (Fsp3) is 1.00. The van der Waals surface area contributed by atoms with Crippen LogP contribution in [0.4, 0.5) is 0 Å². The van der Waals surface area contributed by atoms with E-state index in [-0.39, 0.29) is 0 Å². The van der Waals surface area contributed by atoms with Crippen molar-refractivity contribution in [3.8, 4) is 0 Å². The molecule has 2 N–H and O–H groups in total. The highest BCUT2D eigenvalue weighted by Gasteiger charge is 2.20. The first-order chi connectivity index (χ1) is 6.36. The maximum atomic E-state index is 5.61. The third kappa shape index (κ3) is 4.07. The average molecular weight is 186 g/mol. The van der Waals surface area contributed by atoms with Crippen LogP contribution in [0.15, 0.2) is 0 Å². The largest absolute Gasteiger partial charge is 0.380 e. The van der Waals surface area contributed by atoms with Gasteiger partial charge < -0.3 is 15.4 Å². The number of hydrogen-bond acceptors (Lipinski definition) is 3. The first kappa shape index (κ1) is 11.0. The van der Waals surface area contributed by atoms with Crippen LogP contribution in [0.1, 0.15) is 19.8 Å². The lowest BCUT2D eigenvalue weighted by atomic mass is 10.1. The molecule has 3 nitrogen and oxygen atoms in total. The molecule has 1 aliphatic heterocycles. The Hall–Kier alpha value is -0.120. The van der Waals surface area contributed by atoms with E-state index in [1.807, 2.05) is 0 Å². The molecule has 0 aliphatic carbocycles. The van der Waals surface area contributed by atoms with Gasteiger partial charge in [-0.1, -0.05) is 6.92 Å². The first-order valence-electron chi connectivity index (χ1n) is 5.37. The average Bonchev–Trinajstić information content (AvgIpc) is 2.60. The first-order valence-corrected chi connectivity index (χ1v) is 5.37. The quantitative estimate of drug-likeness (QED) is 0.620. The summed E-state index contributed by atoms with van der Waals surface area (Å²) in [7, 11) is 0. The van der Waals surface area contributed by atoms with Crippen molar-refractivity contribution < 1.29 is 4.74 Å². The standard InChI is InChI=1S/C10H22N2O/c1-2-6-13-7-5-12-4-3-10(8-11)9-12/h10H,2-9,11H2,1H3. The summed E-state index contributed by atoms with van der Waals surface area (Å²) >= 11 is 0. The Balaban J connectivity index is 1.97. The van der Waals surface area contributed by atoms with Crippen molar-refractivity contribution in [3.05, 3.63) is 0 Å². The molecule has 3 heteroatoms. The molecule has 13 heavy (non-hydrogen) atoms. The predicted octanol–water partition coefficient (Wildman–Crippen LogP) is 0.694. The van der Waals surface area contributed by atoms with Gasteiger partial charge in [0, 0.05) is 19.7 Å². The molecule has 1 atom stereocenters. The molecule has 0 bridgehead atoms. The van der Waals surface area contributed by atoms with Gasteiger partial charge in [-0.15, -0.1) is 0 Å². The van der Waals surface area contributed by atoms with E-state index < -0.39 is 0 Å².